The molecule has 0 N–H and O–H groups in total. The zero-order valence-corrected chi connectivity index (χ0v) is 11.0. The molecule has 1 heterocycles. The largest absolute Gasteiger partial charge is 0.340 e. The lowest BCUT2D eigenvalue weighted by Gasteiger charge is -2.39. The topological polar surface area (TPSA) is 20.3 Å². The summed E-state index contributed by atoms with van der Waals surface area (Å²) < 4.78 is 0. The highest BCUT2D eigenvalue weighted by Gasteiger charge is 2.29. The number of piperidine rings is 1. The van der Waals surface area contributed by atoms with Gasteiger partial charge in [-0.05, 0) is 30.7 Å². The van der Waals surface area contributed by atoms with Crippen molar-refractivity contribution in [2.45, 2.75) is 38.1 Å². The average molecular weight is 243 g/mol. The molecule has 0 bridgehead atoms. The predicted octanol–water partition coefficient (Wildman–Crippen LogP) is 3.36. The van der Waals surface area contributed by atoms with Gasteiger partial charge in [-0.2, -0.15) is 0 Å². The van der Waals surface area contributed by atoms with Crippen LogP contribution in [0.1, 0.15) is 37.7 Å². The first kappa shape index (κ1) is 12.9. The SMILES string of the molecule is C=CCC1CC(c2ccccc2)CCN1C(C)=O. The summed E-state index contributed by atoms with van der Waals surface area (Å²) in [6.07, 6.45) is 4.93. The molecule has 0 saturated carbocycles. The molecule has 1 aliphatic heterocycles. The van der Waals surface area contributed by atoms with E-state index in [1.54, 1.807) is 6.92 Å². The van der Waals surface area contributed by atoms with Gasteiger partial charge < -0.3 is 4.90 Å². The zero-order chi connectivity index (χ0) is 13.0. The van der Waals surface area contributed by atoms with E-state index in [2.05, 4.69) is 36.9 Å². The molecule has 96 valence electrons. The molecule has 0 spiro atoms. The number of hydrogen-bond donors (Lipinski definition) is 0. The van der Waals surface area contributed by atoms with Crippen molar-refractivity contribution >= 4 is 5.91 Å². The van der Waals surface area contributed by atoms with E-state index in [0.717, 1.165) is 25.8 Å². The number of hydrogen-bond acceptors (Lipinski definition) is 1. The van der Waals surface area contributed by atoms with Crippen molar-refractivity contribution in [3.63, 3.8) is 0 Å². The van der Waals surface area contributed by atoms with E-state index >= 15 is 0 Å². The number of carbonyl (C=O) groups excluding carboxylic acids is 1. The highest BCUT2D eigenvalue weighted by Crippen LogP contribution is 2.32. The van der Waals surface area contributed by atoms with Crippen molar-refractivity contribution in [2.75, 3.05) is 6.54 Å². The smallest absolute Gasteiger partial charge is 0.219 e. The molecule has 1 amide bonds. The number of carbonyl (C=O) groups is 1. The van der Waals surface area contributed by atoms with E-state index in [1.807, 2.05) is 11.0 Å². The van der Waals surface area contributed by atoms with Gasteiger partial charge in [0.05, 0.1) is 0 Å². The fraction of sp³-hybridized carbons (Fsp3) is 0.438. The zero-order valence-electron chi connectivity index (χ0n) is 11.0. The van der Waals surface area contributed by atoms with Gasteiger partial charge in [-0.1, -0.05) is 36.4 Å². The number of amides is 1. The van der Waals surface area contributed by atoms with Gasteiger partial charge in [-0.3, -0.25) is 4.79 Å². The molecule has 1 aromatic rings. The van der Waals surface area contributed by atoms with E-state index in [9.17, 15) is 4.79 Å². The number of likely N-dealkylation sites (tertiary alicyclic amines) is 1. The Kier molecular flexibility index (Phi) is 4.19. The van der Waals surface area contributed by atoms with E-state index in [4.69, 9.17) is 0 Å². The van der Waals surface area contributed by atoms with E-state index in [-0.39, 0.29) is 5.91 Å². The first-order chi connectivity index (χ1) is 8.72. The Bertz CT molecular complexity index is 412. The van der Waals surface area contributed by atoms with Gasteiger partial charge >= 0.3 is 0 Å². The van der Waals surface area contributed by atoms with Crippen molar-refractivity contribution in [3.05, 3.63) is 48.6 Å². The molecule has 2 atom stereocenters. The Balaban J connectivity index is 2.10. The minimum atomic E-state index is 0.188. The maximum Gasteiger partial charge on any atom is 0.219 e. The summed E-state index contributed by atoms with van der Waals surface area (Å²) in [5, 5.41) is 0. The highest BCUT2D eigenvalue weighted by molar-refractivity contribution is 5.73. The molecule has 2 rings (SSSR count). The third-order valence-corrected chi connectivity index (χ3v) is 3.83. The average Bonchev–Trinajstić information content (AvgIpc) is 2.40. The molecule has 1 saturated heterocycles. The van der Waals surface area contributed by atoms with Gasteiger partial charge in [0, 0.05) is 19.5 Å². The van der Waals surface area contributed by atoms with Gasteiger partial charge in [0.1, 0.15) is 0 Å². The molecule has 1 aliphatic rings. The lowest BCUT2D eigenvalue weighted by Crippen LogP contribution is -2.44. The quantitative estimate of drug-likeness (QED) is 0.745. The molecule has 1 aromatic carbocycles. The Labute approximate surface area is 109 Å². The number of rotatable bonds is 3. The van der Waals surface area contributed by atoms with Crippen molar-refractivity contribution in [1.29, 1.82) is 0 Å². The summed E-state index contributed by atoms with van der Waals surface area (Å²) in [5.41, 5.74) is 1.40. The standard InChI is InChI=1S/C16H21NO/c1-3-7-16-12-15(10-11-17(16)13(2)18)14-8-5-4-6-9-14/h3-6,8-9,15-16H,1,7,10-12H2,2H3. The lowest BCUT2D eigenvalue weighted by atomic mass is 9.84. The van der Waals surface area contributed by atoms with Crippen LogP contribution in [0.3, 0.4) is 0 Å². The maximum atomic E-state index is 11.6. The van der Waals surface area contributed by atoms with Crippen molar-refractivity contribution < 1.29 is 4.79 Å². The van der Waals surface area contributed by atoms with Crippen LogP contribution in [0.4, 0.5) is 0 Å². The van der Waals surface area contributed by atoms with E-state index in [0.29, 0.717) is 12.0 Å². The third-order valence-electron chi connectivity index (χ3n) is 3.83. The highest BCUT2D eigenvalue weighted by atomic mass is 16.2. The fourth-order valence-corrected chi connectivity index (χ4v) is 2.91. The van der Waals surface area contributed by atoms with Crippen LogP contribution in [0, 0.1) is 0 Å². The summed E-state index contributed by atoms with van der Waals surface area (Å²) in [7, 11) is 0. The maximum absolute atomic E-state index is 11.6. The molecule has 2 heteroatoms. The minimum absolute atomic E-state index is 0.188. The van der Waals surface area contributed by atoms with Crippen LogP contribution in [-0.2, 0) is 4.79 Å². The minimum Gasteiger partial charge on any atom is -0.340 e. The second-order valence-corrected chi connectivity index (χ2v) is 5.02. The van der Waals surface area contributed by atoms with E-state index < -0.39 is 0 Å². The summed E-state index contributed by atoms with van der Waals surface area (Å²) in [5.74, 6) is 0.764. The molecular weight excluding hydrogens is 222 g/mol. The van der Waals surface area contributed by atoms with Crippen molar-refractivity contribution in [3.8, 4) is 0 Å². The first-order valence-electron chi connectivity index (χ1n) is 6.65. The first-order valence-corrected chi connectivity index (χ1v) is 6.65. The molecule has 2 unspecified atom stereocenters. The second-order valence-electron chi connectivity index (χ2n) is 5.02. The normalized spacial score (nSPS) is 23.7. The lowest BCUT2D eigenvalue weighted by molar-refractivity contribution is -0.132. The molecular formula is C16H21NO. The van der Waals surface area contributed by atoms with Crippen LogP contribution >= 0.6 is 0 Å². The summed E-state index contributed by atoms with van der Waals surface area (Å²) in [4.78, 5) is 13.6. The molecule has 0 aliphatic carbocycles. The Hall–Kier alpha value is -1.57. The third kappa shape index (κ3) is 2.81. The monoisotopic (exact) mass is 243 g/mol. The van der Waals surface area contributed by atoms with Crippen LogP contribution in [0.2, 0.25) is 0 Å². The van der Waals surface area contributed by atoms with Crippen LogP contribution < -0.4 is 0 Å². The van der Waals surface area contributed by atoms with E-state index in [1.165, 1.54) is 5.56 Å². The van der Waals surface area contributed by atoms with Gasteiger partial charge in [-0.15, -0.1) is 6.58 Å². The van der Waals surface area contributed by atoms with Crippen LogP contribution in [-0.4, -0.2) is 23.4 Å². The van der Waals surface area contributed by atoms with Gasteiger partial charge in [-0.25, -0.2) is 0 Å². The fourth-order valence-electron chi connectivity index (χ4n) is 2.91. The molecule has 18 heavy (non-hydrogen) atoms. The molecule has 0 radical (unpaired) electrons. The van der Waals surface area contributed by atoms with Gasteiger partial charge in [0.15, 0.2) is 0 Å². The predicted molar refractivity (Wildman–Crippen MR) is 74.4 cm³/mol. The summed E-state index contributed by atoms with van der Waals surface area (Å²) in [6, 6.07) is 10.9. The number of nitrogens with zero attached hydrogens (tertiary/aromatic N) is 1. The number of benzene rings is 1. The van der Waals surface area contributed by atoms with Gasteiger partial charge in [0.25, 0.3) is 0 Å². The van der Waals surface area contributed by atoms with Crippen LogP contribution in [0.15, 0.2) is 43.0 Å². The van der Waals surface area contributed by atoms with Crippen LogP contribution in [0.5, 0.6) is 0 Å². The molecule has 2 nitrogen and oxygen atoms in total. The molecule has 1 fully saturated rings. The van der Waals surface area contributed by atoms with Crippen molar-refractivity contribution in [1.82, 2.24) is 4.90 Å². The Morgan fingerprint density at radius 3 is 2.78 bits per heavy atom. The Morgan fingerprint density at radius 1 is 1.44 bits per heavy atom. The molecule has 0 aromatic heterocycles. The summed E-state index contributed by atoms with van der Waals surface area (Å²) in [6.45, 7) is 6.34. The second kappa shape index (κ2) is 5.85. The summed E-state index contributed by atoms with van der Waals surface area (Å²) >= 11 is 0. The Morgan fingerprint density at radius 2 is 2.17 bits per heavy atom. The van der Waals surface area contributed by atoms with Crippen molar-refractivity contribution in [2.24, 2.45) is 0 Å². The van der Waals surface area contributed by atoms with Gasteiger partial charge in [0.2, 0.25) is 5.91 Å². The van der Waals surface area contributed by atoms with Crippen LogP contribution in [0.25, 0.3) is 0 Å².